The number of aromatic carboxylic acids is 1. The Labute approximate surface area is 139 Å². The zero-order valence-corrected chi connectivity index (χ0v) is 13.9. The van der Waals surface area contributed by atoms with Crippen LogP contribution in [0.5, 0.6) is 0 Å². The molecule has 126 valence electrons. The second kappa shape index (κ2) is 6.71. The smallest absolute Gasteiger partial charge is 0.335 e. The first-order chi connectivity index (χ1) is 11.2. The van der Waals surface area contributed by atoms with Gasteiger partial charge in [0.15, 0.2) is 0 Å². The number of amides is 1. The van der Waals surface area contributed by atoms with Gasteiger partial charge in [-0.1, -0.05) is 6.07 Å². The molecule has 0 aliphatic carbocycles. The summed E-state index contributed by atoms with van der Waals surface area (Å²) in [6.07, 6.45) is 0. The molecule has 0 saturated heterocycles. The molecule has 0 aliphatic rings. The first kappa shape index (κ1) is 17.5. The summed E-state index contributed by atoms with van der Waals surface area (Å²) >= 11 is 0. The van der Waals surface area contributed by atoms with E-state index in [9.17, 15) is 18.0 Å². The highest BCUT2D eigenvalue weighted by Crippen LogP contribution is 2.18. The molecule has 0 spiro atoms. The van der Waals surface area contributed by atoms with E-state index < -0.39 is 16.0 Å². The summed E-state index contributed by atoms with van der Waals surface area (Å²) in [4.78, 5) is 24.0. The van der Waals surface area contributed by atoms with Crippen molar-refractivity contribution in [2.24, 2.45) is 0 Å². The molecule has 24 heavy (non-hydrogen) atoms. The summed E-state index contributed by atoms with van der Waals surface area (Å²) in [6, 6.07) is 11.0. The van der Waals surface area contributed by atoms with Gasteiger partial charge < -0.3 is 10.0 Å². The van der Waals surface area contributed by atoms with Crippen LogP contribution in [0.4, 0.5) is 5.69 Å². The van der Waals surface area contributed by atoms with Gasteiger partial charge in [-0.15, -0.1) is 0 Å². The van der Waals surface area contributed by atoms with Crippen LogP contribution in [0.15, 0.2) is 53.4 Å². The monoisotopic (exact) mass is 348 g/mol. The van der Waals surface area contributed by atoms with Crippen LogP contribution < -0.4 is 4.72 Å². The van der Waals surface area contributed by atoms with Crippen LogP contribution in [0.1, 0.15) is 20.7 Å². The Hall–Kier alpha value is -2.87. The molecule has 0 aliphatic heterocycles. The molecule has 0 saturated carbocycles. The average Bonchev–Trinajstić information content (AvgIpc) is 2.54. The summed E-state index contributed by atoms with van der Waals surface area (Å²) < 4.78 is 27.0. The fourth-order valence-corrected chi connectivity index (χ4v) is 3.05. The number of hydrogen-bond donors (Lipinski definition) is 2. The summed E-state index contributed by atoms with van der Waals surface area (Å²) in [5, 5.41) is 8.94. The lowest BCUT2D eigenvalue weighted by atomic mass is 10.2. The first-order valence-corrected chi connectivity index (χ1v) is 8.37. The van der Waals surface area contributed by atoms with Gasteiger partial charge in [-0.05, 0) is 42.5 Å². The predicted octanol–water partition coefficient (Wildman–Crippen LogP) is 1.89. The van der Waals surface area contributed by atoms with Gasteiger partial charge in [0.25, 0.3) is 15.9 Å². The molecule has 0 unspecified atom stereocenters. The molecule has 2 rings (SSSR count). The van der Waals surface area contributed by atoms with Gasteiger partial charge in [0.1, 0.15) is 0 Å². The summed E-state index contributed by atoms with van der Waals surface area (Å²) in [7, 11) is -0.689. The van der Waals surface area contributed by atoms with Crippen LogP contribution in [-0.2, 0) is 10.0 Å². The van der Waals surface area contributed by atoms with Crippen molar-refractivity contribution in [2.45, 2.75) is 4.90 Å². The molecule has 0 fully saturated rings. The quantitative estimate of drug-likeness (QED) is 0.859. The third-order valence-corrected chi connectivity index (χ3v) is 4.56. The highest BCUT2D eigenvalue weighted by molar-refractivity contribution is 7.92. The summed E-state index contributed by atoms with van der Waals surface area (Å²) in [5.74, 6) is -1.41. The number of carboxylic acid groups (broad SMARTS) is 1. The summed E-state index contributed by atoms with van der Waals surface area (Å²) in [5.41, 5.74) is 0.576. The van der Waals surface area contributed by atoms with Crippen LogP contribution in [-0.4, -0.2) is 44.4 Å². The van der Waals surface area contributed by atoms with Crippen molar-refractivity contribution in [1.82, 2.24) is 4.90 Å². The van der Waals surface area contributed by atoms with Gasteiger partial charge in [-0.2, -0.15) is 0 Å². The third kappa shape index (κ3) is 3.90. The van der Waals surface area contributed by atoms with Crippen LogP contribution in [0.2, 0.25) is 0 Å². The van der Waals surface area contributed by atoms with Crippen molar-refractivity contribution >= 4 is 27.6 Å². The maximum Gasteiger partial charge on any atom is 0.335 e. The lowest BCUT2D eigenvalue weighted by Crippen LogP contribution is -2.21. The van der Waals surface area contributed by atoms with Gasteiger partial charge in [-0.25, -0.2) is 13.2 Å². The number of nitrogens with zero attached hydrogens (tertiary/aromatic N) is 1. The number of carbonyl (C=O) groups excluding carboxylic acids is 1. The Morgan fingerprint density at radius 3 is 2.17 bits per heavy atom. The Balaban J connectivity index is 2.25. The zero-order chi connectivity index (χ0) is 17.9. The SMILES string of the molecule is CN(C)C(=O)c1ccc(NS(=O)(=O)c2cccc(C(=O)O)c2)cc1. The third-order valence-electron chi connectivity index (χ3n) is 3.18. The molecule has 0 aromatic heterocycles. The minimum absolute atomic E-state index is 0.121. The van der Waals surface area contributed by atoms with E-state index in [0.717, 1.165) is 6.07 Å². The van der Waals surface area contributed by atoms with E-state index in [-0.39, 0.29) is 22.1 Å². The number of sulfonamides is 1. The highest BCUT2D eigenvalue weighted by Gasteiger charge is 2.16. The fraction of sp³-hybridized carbons (Fsp3) is 0.125. The number of hydrogen-bond acceptors (Lipinski definition) is 4. The van der Waals surface area contributed by atoms with E-state index in [1.54, 1.807) is 14.1 Å². The number of carboxylic acids is 1. The highest BCUT2D eigenvalue weighted by atomic mass is 32.2. The van der Waals surface area contributed by atoms with Crippen LogP contribution in [0.3, 0.4) is 0 Å². The molecule has 0 heterocycles. The minimum atomic E-state index is -3.93. The lowest BCUT2D eigenvalue weighted by Gasteiger charge is -2.12. The molecule has 2 N–H and O–H groups in total. The fourth-order valence-electron chi connectivity index (χ4n) is 1.95. The van der Waals surface area contributed by atoms with Crippen molar-refractivity contribution in [3.8, 4) is 0 Å². The largest absolute Gasteiger partial charge is 0.478 e. The molecular weight excluding hydrogens is 332 g/mol. The standard InChI is InChI=1S/C16H16N2O5S/c1-18(2)15(19)11-6-8-13(9-7-11)17-24(22,23)14-5-3-4-12(10-14)16(20)21/h3-10,17H,1-2H3,(H,20,21). The molecule has 0 atom stereocenters. The van der Waals surface area contributed by atoms with Crippen molar-refractivity contribution < 1.29 is 23.1 Å². The lowest BCUT2D eigenvalue weighted by molar-refractivity contribution is 0.0696. The Kier molecular flexibility index (Phi) is 4.89. The van der Waals surface area contributed by atoms with Crippen molar-refractivity contribution in [3.05, 3.63) is 59.7 Å². The van der Waals surface area contributed by atoms with Crippen LogP contribution >= 0.6 is 0 Å². The van der Waals surface area contributed by atoms with Gasteiger partial charge in [-0.3, -0.25) is 9.52 Å². The molecule has 1 amide bonds. The molecule has 0 radical (unpaired) electrons. The number of anilines is 1. The first-order valence-electron chi connectivity index (χ1n) is 6.88. The molecule has 7 nitrogen and oxygen atoms in total. The Morgan fingerprint density at radius 1 is 1.00 bits per heavy atom. The van der Waals surface area contributed by atoms with E-state index in [0.29, 0.717) is 5.56 Å². The van der Waals surface area contributed by atoms with Crippen molar-refractivity contribution in [3.63, 3.8) is 0 Å². The van der Waals surface area contributed by atoms with Gasteiger partial charge >= 0.3 is 5.97 Å². The molecular formula is C16H16N2O5S. The number of rotatable bonds is 5. The number of nitrogens with one attached hydrogen (secondary N) is 1. The molecule has 2 aromatic rings. The van der Waals surface area contributed by atoms with Crippen molar-refractivity contribution in [2.75, 3.05) is 18.8 Å². The Morgan fingerprint density at radius 2 is 1.62 bits per heavy atom. The van der Waals surface area contributed by atoms with Gasteiger partial charge in [0.2, 0.25) is 0 Å². The normalized spacial score (nSPS) is 10.9. The molecule has 2 aromatic carbocycles. The van der Waals surface area contributed by atoms with Crippen LogP contribution in [0.25, 0.3) is 0 Å². The maximum atomic E-state index is 12.3. The molecule has 8 heteroatoms. The number of carbonyl (C=O) groups is 2. The zero-order valence-electron chi connectivity index (χ0n) is 13.1. The minimum Gasteiger partial charge on any atom is -0.478 e. The maximum absolute atomic E-state index is 12.3. The second-order valence-electron chi connectivity index (χ2n) is 5.22. The summed E-state index contributed by atoms with van der Waals surface area (Å²) in [6.45, 7) is 0. The van der Waals surface area contributed by atoms with Gasteiger partial charge in [0, 0.05) is 25.3 Å². The van der Waals surface area contributed by atoms with Gasteiger partial charge in [0.05, 0.1) is 10.5 Å². The van der Waals surface area contributed by atoms with E-state index in [4.69, 9.17) is 5.11 Å². The average molecular weight is 348 g/mol. The topological polar surface area (TPSA) is 104 Å². The molecule has 0 bridgehead atoms. The van der Waals surface area contributed by atoms with E-state index >= 15 is 0 Å². The van der Waals surface area contributed by atoms with Crippen LogP contribution in [0, 0.1) is 0 Å². The Bertz CT molecular complexity index is 874. The van der Waals surface area contributed by atoms with E-state index in [1.807, 2.05) is 0 Å². The predicted molar refractivity (Wildman–Crippen MR) is 88.7 cm³/mol. The van der Waals surface area contributed by atoms with Crippen molar-refractivity contribution in [1.29, 1.82) is 0 Å². The van der Waals surface area contributed by atoms with E-state index in [1.165, 1.54) is 47.4 Å². The second-order valence-corrected chi connectivity index (χ2v) is 6.90. The number of benzene rings is 2. The van der Waals surface area contributed by atoms with E-state index in [2.05, 4.69) is 4.72 Å².